The molecular weight excluding hydrogens is 388 g/mol. The van der Waals surface area contributed by atoms with E-state index in [2.05, 4.69) is 10.5 Å². The van der Waals surface area contributed by atoms with Crippen molar-refractivity contribution < 1.29 is 28.6 Å². The first-order valence-corrected chi connectivity index (χ1v) is 8.48. The number of hydrogen-bond acceptors (Lipinski definition) is 7. The molecule has 0 aromatic heterocycles. The summed E-state index contributed by atoms with van der Waals surface area (Å²) in [6.07, 6.45) is 1.41. The predicted molar refractivity (Wildman–Crippen MR) is 106 cm³/mol. The predicted octanol–water partition coefficient (Wildman–Crippen LogP) is 3.36. The fraction of sp³-hybridized carbons (Fsp3) is 0.263. The topological polar surface area (TPSA) is 87.6 Å². The molecule has 1 N–H and O–H groups in total. The molecule has 0 fully saturated rings. The number of rotatable bonds is 9. The first kappa shape index (κ1) is 21.2. The summed E-state index contributed by atoms with van der Waals surface area (Å²) in [4.78, 5) is 17.1. The number of ether oxygens (including phenoxy) is 4. The number of hydrogen-bond donors (Lipinski definition) is 1. The lowest BCUT2D eigenvalue weighted by Crippen LogP contribution is -2.17. The zero-order valence-corrected chi connectivity index (χ0v) is 16.7. The number of carbonyl (C=O) groups excluding carboxylic acids is 1. The number of benzene rings is 2. The maximum atomic E-state index is 12.0. The van der Waals surface area contributed by atoms with Crippen LogP contribution in [0.4, 0.5) is 5.69 Å². The highest BCUT2D eigenvalue weighted by molar-refractivity contribution is 6.32. The third kappa shape index (κ3) is 5.43. The van der Waals surface area contributed by atoms with Gasteiger partial charge in [0, 0.05) is 11.6 Å². The maximum absolute atomic E-state index is 12.0. The molecule has 150 valence electrons. The van der Waals surface area contributed by atoms with Crippen LogP contribution in [-0.2, 0) is 9.63 Å². The molecular formula is C19H21ClN2O6. The summed E-state index contributed by atoms with van der Waals surface area (Å²) in [6, 6.07) is 8.36. The zero-order chi connectivity index (χ0) is 20.5. The number of halogens is 1. The van der Waals surface area contributed by atoms with E-state index >= 15 is 0 Å². The van der Waals surface area contributed by atoms with E-state index in [-0.39, 0.29) is 6.61 Å². The van der Waals surface area contributed by atoms with E-state index < -0.39 is 5.91 Å². The smallest absolute Gasteiger partial charge is 0.265 e. The molecule has 0 unspecified atom stereocenters. The fourth-order valence-corrected chi connectivity index (χ4v) is 2.59. The van der Waals surface area contributed by atoms with Gasteiger partial charge in [-0.1, -0.05) is 16.8 Å². The van der Waals surface area contributed by atoms with E-state index in [1.807, 2.05) is 0 Å². The number of nitrogens with zero attached hydrogens (tertiary/aromatic N) is 1. The molecule has 0 aliphatic carbocycles. The second-order valence-corrected chi connectivity index (χ2v) is 5.77. The molecule has 2 aromatic rings. The van der Waals surface area contributed by atoms with E-state index in [1.54, 1.807) is 37.4 Å². The van der Waals surface area contributed by atoms with Gasteiger partial charge in [0.05, 0.1) is 45.4 Å². The van der Waals surface area contributed by atoms with Crippen LogP contribution in [0, 0.1) is 0 Å². The minimum Gasteiger partial charge on any atom is -0.497 e. The normalized spacial score (nSPS) is 10.5. The number of nitrogens with one attached hydrogen (secondary N) is 1. The third-order valence-electron chi connectivity index (χ3n) is 3.61. The maximum Gasteiger partial charge on any atom is 0.265 e. The van der Waals surface area contributed by atoms with Gasteiger partial charge in [0.25, 0.3) is 5.91 Å². The van der Waals surface area contributed by atoms with Crippen molar-refractivity contribution >= 4 is 29.4 Å². The Labute approximate surface area is 167 Å². The molecule has 8 nitrogen and oxygen atoms in total. The Morgan fingerprint density at radius 2 is 1.79 bits per heavy atom. The molecule has 0 saturated carbocycles. The Kier molecular flexibility index (Phi) is 7.76. The van der Waals surface area contributed by atoms with Gasteiger partial charge in [-0.3, -0.25) is 4.79 Å². The lowest BCUT2D eigenvalue weighted by atomic mass is 10.2. The fourth-order valence-electron chi connectivity index (χ4n) is 2.29. The van der Waals surface area contributed by atoms with Gasteiger partial charge in [-0.15, -0.1) is 0 Å². The standard InChI is InChI=1S/C19H21ClN2O6/c1-24-13-5-6-15(16(9-13)25-2)22-18(23)11-28-21-10-12-7-14(20)19(27-4)17(8-12)26-3/h5-10H,11H2,1-4H3,(H,22,23)/b21-10+. The molecule has 1 amide bonds. The molecule has 2 rings (SSSR count). The average Bonchev–Trinajstić information content (AvgIpc) is 2.71. The Morgan fingerprint density at radius 1 is 1.04 bits per heavy atom. The van der Waals surface area contributed by atoms with E-state index in [1.165, 1.54) is 27.5 Å². The Balaban J connectivity index is 1.94. The molecule has 0 saturated heterocycles. The Bertz CT molecular complexity index is 857. The van der Waals surface area contributed by atoms with Gasteiger partial charge >= 0.3 is 0 Å². The van der Waals surface area contributed by atoms with Crippen LogP contribution >= 0.6 is 11.6 Å². The highest BCUT2D eigenvalue weighted by atomic mass is 35.5. The van der Waals surface area contributed by atoms with Crippen LogP contribution in [-0.4, -0.2) is 47.2 Å². The van der Waals surface area contributed by atoms with Crippen LogP contribution in [0.1, 0.15) is 5.56 Å². The van der Waals surface area contributed by atoms with Crippen LogP contribution in [0.25, 0.3) is 0 Å². The average molecular weight is 409 g/mol. The SMILES string of the molecule is COc1ccc(NC(=O)CO/N=C/c2cc(Cl)c(OC)c(OC)c2)c(OC)c1. The first-order valence-electron chi connectivity index (χ1n) is 8.11. The highest BCUT2D eigenvalue weighted by Gasteiger charge is 2.11. The van der Waals surface area contributed by atoms with Crippen LogP contribution in [0.15, 0.2) is 35.5 Å². The molecule has 28 heavy (non-hydrogen) atoms. The van der Waals surface area contributed by atoms with Gasteiger partial charge in [0.15, 0.2) is 18.1 Å². The van der Waals surface area contributed by atoms with E-state index in [9.17, 15) is 4.79 Å². The van der Waals surface area contributed by atoms with Crippen molar-refractivity contribution in [3.63, 3.8) is 0 Å². The van der Waals surface area contributed by atoms with Gasteiger partial charge in [-0.05, 0) is 24.3 Å². The second-order valence-electron chi connectivity index (χ2n) is 5.36. The van der Waals surface area contributed by atoms with Gasteiger partial charge in [0.1, 0.15) is 11.5 Å². The largest absolute Gasteiger partial charge is 0.497 e. The van der Waals surface area contributed by atoms with E-state index in [0.29, 0.717) is 39.3 Å². The van der Waals surface area contributed by atoms with Crippen molar-refractivity contribution in [1.82, 2.24) is 0 Å². The lowest BCUT2D eigenvalue weighted by Gasteiger charge is -2.11. The zero-order valence-electron chi connectivity index (χ0n) is 15.9. The molecule has 0 radical (unpaired) electrons. The van der Waals surface area contributed by atoms with Crippen molar-refractivity contribution in [2.75, 3.05) is 40.4 Å². The number of anilines is 1. The second kappa shape index (κ2) is 10.3. The minimum atomic E-state index is -0.397. The number of methoxy groups -OCH3 is 4. The summed E-state index contributed by atoms with van der Waals surface area (Å²) >= 11 is 6.12. The van der Waals surface area contributed by atoms with Crippen molar-refractivity contribution in [3.05, 3.63) is 40.9 Å². The van der Waals surface area contributed by atoms with Crippen LogP contribution < -0.4 is 24.3 Å². The van der Waals surface area contributed by atoms with E-state index in [0.717, 1.165) is 0 Å². The summed E-state index contributed by atoms with van der Waals surface area (Å²) < 4.78 is 20.7. The van der Waals surface area contributed by atoms with Gasteiger partial charge < -0.3 is 29.1 Å². The molecule has 0 atom stereocenters. The number of oxime groups is 1. The molecule has 0 aliphatic rings. The summed E-state index contributed by atoms with van der Waals surface area (Å²) in [6.45, 7) is -0.285. The van der Waals surface area contributed by atoms with Gasteiger partial charge in [0.2, 0.25) is 0 Å². The third-order valence-corrected chi connectivity index (χ3v) is 3.89. The summed E-state index contributed by atoms with van der Waals surface area (Å²) in [7, 11) is 6.05. The molecule has 0 aliphatic heterocycles. The highest BCUT2D eigenvalue weighted by Crippen LogP contribution is 2.35. The van der Waals surface area contributed by atoms with E-state index in [4.69, 9.17) is 35.4 Å². The number of amides is 1. The monoisotopic (exact) mass is 408 g/mol. The summed E-state index contributed by atoms with van der Waals surface area (Å²) in [5, 5.41) is 6.82. The van der Waals surface area contributed by atoms with Crippen LogP contribution in [0.5, 0.6) is 23.0 Å². The summed E-state index contributed by atoms with van der Waals surface area (Å²) in [5.74, 6) is 1.57. The molecule has 2 aromatic carbocycles. The molecule has 0 heterocycles. The van der Waals surface area contributed by atoms with Crippen LogP contribution in [0.2, 0.25) is 5.02 Å². The number of carbonyl (C=O) groups is 1. The van der Waals surface area contributed by atoms with Gasteiger partial charge in [-0.25, -0.2) is 0 Å². The lowest BCUT2D eigenvalue weighted by molar-refractivity contribution is -0.120. The quantitative estimate of drug-likeness (QED) is 0.505. The van der Waals surface area contributed by atoms with Crippen molar-refractivity contribution in [2.24, 2.45) is 5.16 Å². The van der Waals surface area contributed by atoms with Crippen molar-refractivity contribution in [2.45, 2.75) is 0 Å². The molecule has 0 bridgehead atoms. The minimum absolute atomic E-state index is 0.285. The first-order chi connectivity index (χ1) is 13.5. The van der Waals surface area contributed by atoms with Crippen molar-refractivity contribution in [3.8, 4) is 23.0 Å². The molecule has 9 heteroatoms. The summed E-state index contributed by atoms with van der Waals surface area (Å²) in [5.41, 5.74) is 1.12. The van der Waals surface area contributed by atoms with Gasteiger partial charge in [-0.2, -0.15) is 0 Å². The van der Waals surface area contributed by atoms with Crippen molar-refractivity contribution in [1.29, 1.82) is 0 Å². The Hall–Kier alpha value is -3.13. The molecule has 0 spiro atoms. The Morgan fingerprint density at radius 3 is 2.43 bits per heavy atom. The van der Waals surface area contributed by atoms with Crippen LogP contribution in [0.3, 0.4) is 0 Å².